The lowest BCUT2D eigenvalue weighted by molar-refractivity contribution is 0.687. The molecule has 0 heterocycles. The summed E-state index contributed by atoms with van der Waals surface area (Å²) in [6, 6.07) is 8.73. The van der Waals surface area contributed by atoms with Gasteiger partial charge in [0.2, 0.25) is 0 Å². The van der Waals surface area contributed by atoms with E-state index in [9.17, 15) is 4.21 Å². The normalized spacial score (nSPS) is 12.0. The van der Waals surface area contributed by atoms with Gasteiger partial charge < -0.3 is 0 Å². The molecule has 2 nitrogen and oxygen atoms in total. The highest BCUT2D eigenvalue weighted by molar-refractivity contribution is 7.84. The molecule has 0 saturated carbocycles. The first-order valence-electron chi connectivity index (χ1n) is 3.07. The van der Waals surface area contributed by atoms with Gasteiger partial charge in [-0.2, -0.15) is 5.26 Å². The fourth-order valence-corrected chi connectivity index (χ4v) is 1.24. The van der Waals surface area contributed by atoms with E-state index in [0.717, 1.165) is 4.90 Å². The van der Waals surface area contributed by atoms with Gasteiger partial charge in [-0.15, -0.1) is 0 Å². The summed E-state index contributed by atoms with van der Waals surface area (Å²) < 4.78 is 10.9. The van der Waals surface area contributed by atoms with Gasteiger partial charge in [0.15, 0.2) is 0 Å². The smallest absolute Gasteiger partial charge is 0.0991 e. The molecule has 1 rings (SSSR count). The van der Waals surface area contributed by atoms with Crippen LogP contribution in [0.25, 0.3) is 0 Å². The van der Waals surface area contributed by atoms with Crippen LogP contribution in [0.4, 0.5) is 0 Å². The molecule has 0 N–H and O–H groups in total. The molecule has 0 aliphatic carbocycles. The first kappa shape index (κ1) is 7.96. The van der Waals surface area contributed by atoms with Gasteiger partial charge >= 0.3 is 0 Å². The summed E-state index contributed by atoms with van der Waals surface area (Å²) in [5.41, 5.74) is 0.596. The molecule has 3 heteroatoms. The number of nitrogens with zero attached hydrogens (tertiary/aromatic N) is 1. The lowest BCUT2D eigenvalue weighted by Gasteiger charge is -1.93. The molecular formula is C8H7NOS. The molecular weight excluding hydrogens is 158 g/mol. The summed E-state index contributed by atoms with van der Waals surface area (Å²) in [6.07, 6.45) is 1.61. The maximum atomic E-state index is 10.9. The van der Waals surface area contributed by atoms with Crippen molar-refractivity contribution in [2.45, 2.75) is 4.90 Å². The molecule has 0 aromatic heterocycles. The van der Waals surface area contributed by atoms with E-state index in [1.54, 1.807) is 30.5 Å². The Morgan fingerprint density at radius 2 is 1.91 bits per heavy atom. The molecule has 11 heavy (non-hydrogen) atoms. The topological polar surface area (TPSA) is 40.9 Å². The van der Waals surface area contributed by atoms with E-state index in [1.165, 1.54) is 0 Å². The predicted octanol–water partition coefficient (Wildman–Crippen LogP) is 1.30. The maximum absolute atomic E-state index is 10.9. The van der Waals surface area contributed by atoms with Gasteiger partial charge in [0, 0.05) is 22.0 Å². The minimum absolute atomic E-state index is 0.596. The second-order valence-corrected chi connectivity index (χ2v) is 3.47. The highest BCUT2D eigenvalue weighted by Gasteiger charge is 1.95. The Hall–Kier alpha value is -1.14. The molecule has 0 bridgehead atoms. The summed E-state index contributed by atoms with van der Waals surface area (Å²) in [5.74, 6) is 0. The molecule has 1 unspecified atom stereocenters. The van der Waals surface area contributed by atoms with Gasteiger partial charge in [-0.3, -0.25) is 4.21 Å². The Bertz CT molecular complexity index is 310. The predicted molar refractivity (Wildman–Crippen MR) is 43.5 cm³/mol. The molecule has 0 amide bonds. The van der Waals surface area contributed by atoms with E-state index < -0.39 is 10.8 Å². The van der Waals surface area contributed by atoms with Crippen LogP contribution in [0, 0.1) is 11.3 Å². The zero-order chi connectivity index (χ0) is 8.27. The minimum atomic E-state index is -0.949. The second-order valence-electron chi connectivity index (χ2n) is 2.09. The zero-order valence-electron chi connectivity index (χ0n) is 6.07. The van der Waals surface area contributed by atoms with Crippen molar-refractivity contribution in [1.29, 1.82) is 5.26 Å². The van der Waals surface area contributed by atoms with Crippen molar-refractivity contribution < 1.29 is 4.21 Å². The molecule has 0 aliphatic heterocycles. The van der Waals surface area contributed by atoms with Crippen molar-refractivity contribution >= 4 is 10.8 Å². The molecule has 0 saturated heterocycles. The number of hydrogen-bond acceptors (Lipinski definition) is 2. The molecule has 0 spiro atoms. The third-order valence-corrected chi connectivity index (χ3v) is 2.25. The van der Waals surface area contributed by atoms with Crippen molar-refractivity contribution in [2.75, 3.05) is 6.26 Å². The quantitative estimate of drug-likeness (QED) is 0.629. The van der Waals surface area contributed by atoms with E-state index in [2.05, 4.69) is 0 Å². The van der Waals surface area contributed by atoms with E-state index in [0.29, 0.717) is 5.56 Å². The van der Waals surface area contributed by atoms with E-state index in [1.807, 2.05) is 6.07 Å². The summed E-state index contributed by atoms with van der Waals surface area (Å²) >= 11 is 0. The van der Waals surface area contributed by atoms with E-state index in [-0.39, 0.29) is 0 Å². The van der Waals surface area contributed by atoms with Crippen LogP contribution in [0.1, 0.15) is 5.56 Å². The van der Waals surface area contributed by atoms with Gasteiger partial charge in [-0.05, 0) is 24.3 Å². The molecule has 1 aromatic rings. The lowest BCUT2D eigenvalue weighted by atomic mass is 10.2. The van der Waals surface area contributed by atoms with Crippen molar-refractivity contribution in [3.63, 3.8) is 0 Å². The Kier molecular flexibility index (Phi) is 2.40. The van der Waals surface area contributed by atoms with Gasteiger partial charge in [-0.25, -0.2) is 0 Å². The number of rotatable bonds is 1. The van der Waals surface area contributed by atoms with Crippen LogP contribution < -0.4 is 0 Å². The van der Waals surface area contributed by atoms with Crippen LogP contribution in [0.15, 0.2) is 29.2 Å². The van der Waals surface area contributed by atoms with Crippen LogP contribution in [0.5, 0.6) is 0 Å². The fraction of sp³-hybridized carbons (Fsp3) is 0.125. The third-order valence-electron chi connectivity index (χ3n) is 1.32. The number of benzene rings is 1. The van der Waals surface area contributed by atoms with Gasteiger partial charge in [0.05, 0.1) is 11.6 Å². The third kappa shape index (κ3) is 1.89. The Morgan fingerprint density at radius 3 is 2.27 bits per heavy atom. The first-order chi connectivity index (χ1) is 5.24. The monoisotopic (exact) mass is 165 g/mol. The Labute approximate surface area is 67.9 Å². The van der Waals surface area contributed by atoms with Crippen LogP contribution in [-0.4, -0.2) is 10.5 Å². The van der Waals surface area contributed by atoms with Crippen LogP contribution in [0.2, 0.25) is 0 Å². The number of nitriles is 1. The van der Waals surface area contributed by atoms with Gasteiger partial charge in [-0.1, -0.05) is 0 Å². The zero-order valence-corrected chi connectivity index (χ0v) is 6.89. The van der Waals surface area contributed by atoms with Crippen LogP contribution >= 0.6 is 0 Å². The van der Waals surface area contributed by atoms with Crippen molar-refractivity contribution in [1.82, 2.24) is 0 Å². The van der Waals surface area contributed by atoms with Crippen LogP contribution in [0.3, 0.4) is 0 Å². The standard InChI is InChI=1S/C8H7NOS/c1-11(10)8-4-2-7(6-9)3-5-8/h2-5H,1H3. The second kappa shape index (κ2) is 3.31. The van der Waals surface area contributed by atoms with Crippen molar-refractivity contribution in [3.8, 4) is 6.07 Å². The molecule has 1 atom stereocenters. The maximum Gasteiger partial charge on any atom is 0.0991 e. The van der Waals surface area contributed by atoms with E-state index >= 15 is 0 Å². The minimum Gasteiger partial charge on any atom is -0.255 e. The van der Waals surface area contributed by atoms with E-state index in [4.69, 9.17) is 5.26 Å². The average molecular weight is 165 g/mol. The van der Waals surface area contributed by atoms with Crippen LogP contribution in [-0.2, 0) is 10.8 Å². The largest absolute Gasteiger partial charge is 0.255 e. The van der Waals surface area contributed by atoms with Gasteiger partial charge in [0.25, 0.3) is 0 Å². The summed E-state index contributed by atoms with van der Waals surface area (Å²) in [6.45, 7) is 0. The van der Waals surface area contributed by atoms with Gasteiger partial charge in [0.1, 0.15) is 0 Å². The fourth-order valence-electron chi connectivity index (χ4n) is 0.721. The molecule has 56 valence electrons. The SMILES string of the molecule is CS(=O)c1ccc(C#N)cc1. The average Bonchev–Trinajstić information content (AvgIpc) is 2.05. The highest BCUT2D eigenvalue weighted by atomic mass is 32.2. The summed E-state index contributed by atoms with van der Waals surface area (Å²) in [4.78, 5) is 0.754. The Morgan fingerprint density at radius 1 is 1.36 bits per heavy atom. The molecule has 0 aliphatic rings. The number of hydrogen-bond donors (Lipinski definition) is 0. The van der Waals surface area contributed by atoms with Crippen molar-refractivity contribution in [3.05, 3.63) is 29.8 Å². The molecule has 0 fully saturated rings. The Balaban J connectivity index is 3.03. The molecule has 1 aromatic carbocycles. The summed E-state index contributed by atoms with van der Waals surface area (Å²) in [7, 11) is -0.949. The highest BCUT2D eigenvalue weighted by Crippen LogP contribution is 2.05. The van der Waals surface area contributed by atoms with Crippen molar-refractivity contribution in [2.24, 2.45) is 0 Å². The first-order valence-corrected chi connectivity index (χ1v) is 4.63. The lowest BCUT2D eigenvalue weighted by Crippen LogP contribution is -1.86. The summed E-state index contributed by atoms with van der Waals surface area (Å²) in [5, 5.41) is 8.44. The molecule has 0 radical (unpaired) electrons.